The van der Waals surface area contributed by atoms with Crippen LogP contribution in [0.5, 0.6) is 5.75 Å². The van der Waals surface area contributed by atoms with Gasteiger partial charge in [-0.05, 0) is 25.1 Å². The summed E-state index contributed by atoms with van der Waals surface area (Å²) >= 11 is 11.9. The average Bonchev–Trinajstić information content (AvgIpc) is 2.46. The van der Waals surface area contributed by atoms with Gasteiger partial charge in [0.1, 0.15) is 23.0 Å². The van der Waals surface area contributed by atoms with Gasteiger partial charge < -0.3 is 4.74 Å². The summed E-state index contributed by atoms with van der Waals surface area (Å²) in [5.74, 6) is 0.724. The average molecular weight is 319 g/mol. The molecule has 2 heterocycles. The summed E-state index contributed by atoms with van der Waals surface area (Å²) in [6, 6.07) is 11.5. The minimum atomic E-state index is 0.317. The number of fused-ring (bicyclic) bond motifs is 1. The number of para-hydroxylation sites is 1. The number of halogens is 2. The van der Waals surface area contributed by atoms with Crippen LogP contribution in [-0.4, -0.2) is 9.97 Å². The zero-order chi connectivity index (χ0) is 14.8. The monoisotopic (exact) mass is 318 g/mol. The third-order valence-corrected chi connectivity index (χ3v) is 3.66. The Balaban J connectivity index is 1.90. The third-order valence-electron chi connectivity index (χ3n) is 3.10. The van der Waals surface area contributed by atoms with Gasteiger partial charge in [0, 0.05) is 22.8 Å². The van der Waals surface area contributed by atoms with Crippen LogP contribution in [0.15, 0.2) is 42.6 Å². The Hall–Kier alpha value is -1.84. The normalized spacial score (nSPS) is 10.8. The highest BCUT2D eigenvalue weighted by atomic mass is 35.5. The number of pyridine rings is 2. The maximum atomic E-state index is 6.12. The molecular weight excluding hydrogens is 307 g/mol. The molecule has 0 aliphatic heterocycles. The van der Waals surface area contributed by atoms with Gasteiger partial charge >= 0.3 is 0 Å². The molecule has 2 aromatic heterocycles. The molecule has 3 nitrogen and oxygen atoms in total. The largest absolute Gasteiger partial charge is 0.487 e. The summed E-state index contributed by atoms with van der Waals surface area (Å²) in [6.45, 7) is 2.27. The molecule has 0 unspecified atom stereocenters. The van der Waals surface area contributed by atoms with E-state index in [0.717, 1.165) is 27.9 Å². The molecule has 0 saturated carbocycles. The van der Waals surface area contributed by atoms with E-state index in [9.17, 15) is 0 Å². The summed E-state index contributed by atoms with van der Waals surface area (Å²) in [5, 5.41) is 1.95. The highest BCUT2D eigenvalue weighted by Gasteiger charge is 2.07. The molecule has 0 spiro atoms. The predicted octanol–water partition coefficient (Wildman–Crippen LogP) is 4.82. The van der Waals surface area contributed by atoms with Gasteiger partial charge in [-0.15, -0.1) is 0 Å². The lowest BCUT2D eigenvalue weighted by Gasteiger charge is -2.10. The van der Waals surface area contributed by atoms with Gasteiger partial charge in [-0.2, -0.15) is 0 Å². The first kappa shape index (κ1) is 14.1. The van der Waals surface area contributed by atoms with Crippen molar-refractivity contribution in [2.24, 2.45) is 0 Å². The second-order valence-electron chi connectivity index (χ2n) is 4.67. The van der Waals surface area contributed by atoms with Crippen LogP contribution in [0.3, 0.4) is 0 Å². The van der Waals surface area contributed by atoms with Gasteiger partial charge in [-0.25, -0.2) is 9.97 Å². The lowest BCUT2D eigenvalue weighted by atomic mass is 10.2. The lowest BCUT2D eigenvalue weighted by molar-refractivity contribution is 0.309. The molecule has 0 radical (unpaired) electrons. The summed E-state index contributed by atoms with van der Waals surface area (Å²) in [4.78, 5) is 8.54. The Morgan fingerprint density at radius 1 is 1.14 bits per heavy atom. The lowest BCUT2D eigenvalue weighted by Crippen LogP contribution is -1.99. The fourth-order valence-electron chi connectivity index (χ4n) is 2.03. The summed E-state index contributed by atoms with van der Waals surface area (Å²) < 4.78 is 5.85. The van der Waals surface area contributed by atoms with E-state index in [4.69, 9.17) is 27.9 Å². The van der Waals surface area contributed by atoms with Crippen molar-refractivity contribution in [1.82, 2.24) is 9.97 Å². The van der Waals surface area contributed by atoms with E-state index < -0.39 is 0 Å². The summed E-state index contributed by atoms with van der Waals surface area (Å²) in [6.07, 6.45) is 1.62. The van der Waals surface area contributed by atoms with E-state index in [1.54, 1.807) is 12.3 Å². The quantitative estimate of drug-likeness (QED) is 0.649. The zero-order valence-corrected chi connectivity index (χ0v) is 12.8. The van der Waals surface area contributed by atoms with Crippen LogP contribution in [0.4, 0.5) is 0 Å². The SMILES string of the molecule is Cc1ccc2cccc(OCc3cnc(Cl)cc3Cl)c2n1. The number of aromatic nitrogens is 2. The van der Waals surface area contributed by atoms with Crippen LogP contribution in [0.1, 0.15) is 11.3 Å². The Labute approximate surface area is 132 Å². The van der Waals surface area contributed by atoms with Gasteiger partial charge in [0.15, 0.2) is 0 Å². The van der Waals surface area contributed by atoms with Gasteiger partial charge in [0.2, 0.25) is 0 Å². The first-order valence-corrected chi connectivity index (χ1v) is 7.18. The van der Waals surface area contributed by atoms with Crippen LogP contribution in [0.2, 0.25) is 10.2 Å². The highest BCUT2D eigenvalue weighted by molar-refractivity contribution is 6.34. The van der Waals surface area contributed by atoms with Gasteiger partial charge in [-0.1, -0.05) is 41.4 Å². The fourth-order valence-corrected chi connectivity index (χ4v) is 2.45. The van der Waals surface area contributed by atoms with Crippen molar-refractivity contribution >= 4 is 34.1 Å². The molecule has 0 atom stereocenters. The number of aryl methyl sites for hydroxylation is 1. The molecule has 0 N–H and O–H groups in total. The molecule has 21 heavy (non-hydrogen) atoms. The maximum Gasteiger partial charge on any atom is 0.146 e. The highest BCUT2D eigenvalue weighted by Crippen LogP contribution is 2.26. The molecule has 0 amide bonds. The van der Waals surface area contributed by atoms with Crippen molar-refractivity contribution in [2.75, 3.05) is 0 Å². The van der Waals surface area contributed by atoms with E-state index >= 15 is 0 Å². The third kappa shape index (κ3) is 3.09. The summed E-state index contributed by atoms with van der Waals surface area (Å²) in [7, 11) is 0. The van der Waals surface area contributed by atoms with Gasteiger partial charge in [0.25, 0.3) is 0 Å². The molecule has 3 aromatic rings. The van der Waals surface area contributed by atoms with Crippen molar-refractivity contribution in [3.63, 3.8) is 0 Å². The number of hydrogen-bond acceptors (Lipinski definition) is 3. The minimum absolute atomic E-state index is 0.317. The first-order chi connectivity index (χ1) is 10.1. The minimum Gasteiger partial charge on any atom is -0.487 e. The van der Waals surface area contributed by atoms with E-state index in [2.05, 4.69) is 9.97 Å². The standard InChI is InChI=1S/C16H12Cl2N2O/c1-10-5-6-11-3-2-4-14(16(11)20-10)21-9-12-8-19-15(18)7-13(12)17/h2-8H,9H2,1H3. The van der Waals surface area contributed by atoms with Crippen molar-refractivity contribution in [2.45, 2.75) is 13.5 Å². The molecule has 106 valence electrons. The topological polar surface area (TPSA) is 35.0 Å². The molecular formula is C16H12Cl2N2O. The molecule has 5 heteroatoms. The fraction of sp³-hybridized carbons (Fsp3) is 0.125. The van der Waals surface area contributed by atoms with Crippen LogP contribution in [-0.2, 0) is 6.61 Å². The molecule has 0 bridgehead atoms. The molecule has 0 aliphatic carbocycles. The molecule has 3 rings (SSSR count). The van der Waals surface area contributed by atoms with Crippen LogP contribution < -0.4 is 4.74 Å². The molecule has 0 fully saturated rings. The van der Waals surface area contributed by atoms with Crippen LogP contribution >= 0.6 is 23.2 Å². The number of ether oxygens (including phenoxy) is 1. The van der Waals surface area contributed by atoms with Crippen molar-refractivity contribution in [3.8, 4) is 5.75 Å². The van der Waals surface area contributed by atoms with E-state index in [1.807, 2.05) is 37.3 Å². The molecule has 1 aromatic carbocycles. The van der Waals surface area contributed by atoms with Gasteiger partial charge in [0.05, 0.1) is 5.02 Å². The smallest absolute Gasteiger partial charge is 0.146 e. The number of nitrogens with zero attached hydrogens (tertiary/aromatic N) is 2. The Kier molecular flexibility index (Phi) is 3.95. The number of rotatable bonds is 3. The Morgan fingerprint density at radius 3 is 2.81 bits per heavy atom. The van der Waals surface area contributed by atoms with Crippen molar-refractivity contribution in [3.05, 3.63) is 64.0 Å². The number of benzene rings is 1. The maximum absolute atomic E-state index is 6.12. The predicted molar refractivity (Wildman–Crippen MR) is 85.1 cm³/mol. The summed E-state index contributed by atoms with van der Waals surface area (Å²) in [5.41, 5.74) is 2.58. The van der Waals surface area contributed by atoms with Crippen molar-refractivity contribution in [1.29, 1.82) is 0 Å². The molecule has 0 saturated heterocycles. The second kappa shape index (κ2) is 5.88. The Bertz CT molecular complexity index is 805. The van der Waals surface area contributed by atoms with Gasteiger partial charge in [-0.3, -0.25) is 0 Å². The van der Waals surface area contributed by atoms with Crippen LogP contribution in [0.25, 0.3) is 10.9 Å². The van der Waals surface area contributed by atoms with E-state index in [1.165, 1.54) is 0 Å². The van der Waals surface area contributed by atoms with Crippen molar-refractivity contribution < 1.29 is 4.74 Å². The van der Waals surface area contributed by atoms with Crippen LogP contribution in [0, 0.1) is 6.92 Å². The van der Waals surface area contributed by atoms with E-state index in [0.29, 0.717) is 16.8 Å². The van der Waals surface area contributed by atoms with E-state index in [-0.39, 0.29) is 0 Å². The first-order valence-electron chi connectivity index (χ1n) is 6.42. The zero-order valence-electron chi connectivity index (χ0n) is 11.3. The second-order valence-corrected chi connectivity index (χ2v) is 5.46. The molecule has 0 aliphatic rings. The number of hydrogen-bond donors (Lipinski definition) is 0. The Morgan fingerprint density at radius 2 is 2.00 bits per heavy atom.